The van der Waals surface area contributed by atoms with Gasteiger partial charge >= 0.3 is 12.5 Å². The molecule has 1 aromatic heterocycles. The number of nitrogens with zero attached hydrogens (tertiary/aromatic N) is 2. The van der Waals surface area contributed by atoms with Gasteiger partial charge in [0.05, 0.1) is 16.9 Å². The van der Waals surface area contributed by atoms with Gasteiger partial charge in [-0.2, -0.15) is 18.2 Å². The molecule has 31 heavy (non-hydrogen) atoms. The standard InChI is InChI=1S/C19H13F7N4O/c1-27-17-28-14(10-4-2-5-11(8-10)31-19(24,25)26)9-15(30-17)29-16-12(18(21,22)23)6-3-7-13(16)20/h2-9H,1H3,(H2,27,28,29,30). The van der Waals surface area contributed by atoms with E-state index in [2.05, 4.69) is 25.3 Å². The van der Waals surface area contributed by atoms with Gasteiger partial charge in [-0.25, -0.2) is 9.37 Å². The first-order chi connectivity index (χ1) is 14.5. The lowest BCUT2D eigenvalue weighted by atomic mass is 10.1. The van der Waals surface area contributed by atoms with Crippen molar-refractivity contribution in [1.82, 2.24) is 9.97 Å². The second-order valence-corrected chi connectivity index (χ2v) is 6.07. The summed E-state index contributed by atoms with van der Waals surface area (Å²) < 4.78 is 95.2. The number of ether oxygens (including phenoxy) is 1. The molecule has 2 aromatic carbocycles. The van der Waals surface area contributed by atoms with Crippen molar-refractivity contribution in [3.05, 3.63) is 59.9 Å². The van der Waals surface area contributed by atoms with Crippen molar-refractivity contribution in [1.29, 1.82) is 0 Å². The summed E-state index contributed by atoms with van der Waals surface area (Å²) in [5, 5.41) is 4.87. The van der Waals surface area contributed by atoms with Crippen molar-refractivity contribution in [3.63, 3.8) is 0 Å². The molecule has 3 rings (SSSR count). The fourth-order valence-corrected chi connectivity index (χ4v) is 2.64. The molecule has 0 radical (unpaired) electrons. The van der Waals surface area contributed by atoms with E-state index in [0.717, 1.165) is 24.3 Å². The molecule has 0 spiro atoms. The van der Waals surface area contributed by atoms with E-state index in [1.165, 1.54) is 25.2 Å². The van der Waals surface area contributed by atoms with Gasteiger partial charge < -0.3 is 15.4 Å². The Hall–Kier alpha value is -3.57. The molecule has 0 aliphatic heterocycles. The van der Waals surface area contributed by atoms with Gasteiger partial charge in [0.25, 0.3) is 0 Å². The second kappa shape index (κ2) is 8.28. The highest BCUT2D eigenvalue weighted by molar-refractivity contribution is 5.70. The smallest absolute Gasteiger partial charge is 0.406 e. The maximum absolute atomic E-state index is 14.1. The van der Waals surface area contributed by atoms with Crippen molar-refractivity contribution in [2.75, 3.05) is 17.7 Å². The number of hydrogen-bond donors (Lipinski definition) is 2. The minimum absolute atomic E-state index is 0.0550. The highest BCUT2D eigenvalue weighted by atomic mass is 19.4. The van der Waals surface area contributed by atoms with Gasteiger partial charge in [-0.15, -0.1) is 13.2 Å². The highest BCUT2D eigenvalue weighted by Crippen LogP contribution is 2.38. The Labute approximate surface area is 170 Å². The molecule has 12 heteroatoms. The fourth-order valence-electron chi connectivity index (χ4n) is 2.64. The third kappa shape index (κ3) is 5.53. The Kier molecular flexibility index (Phi) is 5.91. The summed E-state index contributed by atoms with van der Waals surface area (Å²) in [5.41, 5.74) is -1.89. The Balaban J connectivity index is 2.03. The van der Waals surface area contributed by atoms with Crippen LogP contribution in [0.3, 0.4) is 0 Å². The fraction of sp³-hybridized carbons (Fsp3) is 0.158. The maximum atomic E-state index is 14.1. The van der Waals surface area contributed by atoms with Crippen LogP contribution in [0.1, 0.15) is 5.56 Å². The predicted molar refractivity (Wildman–Crippen MR) is 98.4 cm³/mol. The predicted octanol–water partition coefficient (Wildman–Crippen LogP) is 5.99. The van der Waals surface area contributed by atoms with Gasteiger partial charge in [-0.3, -0.25) is 0 Å². The molecule has 0 aliphatic carbocycles. The second-order valence-electron chi connectivity index (χ2n) is 6.07. The summed E-state index contributed by atoms with van der Waals surface area (Å²) >= 11 is 0. The van der Waals surface area contributed by atoms with Crippen LogP contribution in [0.25, 0.3) is 11.3 Å². The van der Waals surface area contributed by atoms with Gasteiger partial charge in [-0.05, 0) is 24.3 Å². The van der Waals surface area contributed by atoms with Gasteiger partial charge in [0.1, 0.15) is 17.4 Å². The van der Waals surface area contributed by atoms with E-state index in [-0.39, 0.29) is 23.0 Å². The summed E-state index contributed by atoms with van der Waals surface area (Å²) in [7, 11) is 1.43. The first-order valence-corrected chi connectivity index (χ1v) is 8.52. The zero-order valence-corrected chi connectivity index (χ0v) is 15.6. The average molecular weight is 446 g/mol. The van der Waals surface area contributed by atoms with Crippen molar-refractivity contribution in [3.8, 4) is 17.0 Å². The number of nitrogens with one attached hydrogen (secondary N) is 2. The number of anilines is 3. The van der Waals surface area contributed by atoms with Crippen LogP contribution in [0.15, 0.2) is 48.5 Å². The first-order valence-electron chi connectivity index (χ1n) is 8.52. The summed E-state index contributed by atoms with van der Waals surface area (Å²) in [6.45, 7) is 0. The molecule has 2 N–H and O–H groups in total. The van der Waals surface area contributed by atoms with Gasteiger partial charge in [0.2, 0.25) is 5.95 Å². The minimum Gasteiger partial charge on any atom is -0.406 e. The van der Waals surface area contributed by atoms with Crippen LogP contribution in [0.2, 0.25) is 0 Å². The summed E-state index contributed by atoms with van der Waals surface area (Å²) in [6.07, 6.45) is -9.75. The number of para-hydroxylation sites is 1. The van der Waals surface area contributed by atoms with E-state index in [0.29, 0.717) is 6.07 Å². The van der Waals surface area contributed by atoms with Crippen LogP contribution >= 0.6 is 0 Å². The molecule has 1 heterocycles. The topological polar surface area (TPSA) is 59.1 Å². The normalized spacial score (nSPS) is 11.9. The molecular formula is C19H13F7N4O. The van der Waals surface area contributed by atoms with Crippen molar-refractivity contribution >= 4 is 17.5 Å². The molecule has 0 bridgehead atoms. The summed E-state index contributed by atoms with van der Waals surface area (Å²) in [6, 6.07) is 8.44. The molecule has 164 valence electrons. The molecule has 0 saturated carbocycles. The molecule has 0 atom stereocenters. The largest absolute Gasteiger partial charge is 0.573 e. The van der Waals surface area contributed by atoms with Crippen LogP contribution < -0.4 is 15.4 Å². The lowest BCUT2D eigenvalue weighted by Crippen LogP contribution is -2.17. The van der Waals surface area contributed by atoms with E-state index in [1.807, 2.05) is 0 Å². The van der Waals surface area contributed by atoms with Gasteiger partial charge in [-0.1, -0.05) is 18.2 Å². The molecule has 0 aliphatic rings. The van der Waals surface area contributed by atoms with Gasteiger partial charge in [0.15, 0.2) is 0 Å². The SMILES string of the molecule is CNc1nc(Nc2c(F)cccc2C(F)(F)F)cc(-c2cccc(OC(F)(F)F)c2)n1. The average Bonchev–Trinajstić information content (AvgIpc) is 2.67. The van der Waals surface area contributed by atoms with Crippen LogP contribution in [-0.2, 0) is 6.18 Å². The number of hydrogen-bond acceptors (Lipinski definition) is 5. The molecule has 0 fully saturated rings. The lowest BCUT2D eigenvalue weighted by Gasteiger charge is -2.16. The summed E-state index contributed by atoms with van der Waals surface area (Å²) in [5.74, 6) is -1.96. The van der Waals surface area contributed by atoms with Gasteiger partial charge in [0, 0.05) is 18.7 Å². The van der Waals surface area contributed by atoms with E-state index >= 15 is 0 Å². The zero-order chi connectivity index (χ0) is 22.8. The number of halogens is 7. The molecule has 3 aromatic rings. The quantitative estimate of drug-likeness (QED) is 0.472. The highest BCUT2D eigenvalue weighted by Gasteiger charge is 2.35. The number of alkyl halides is 6. The van der Waals surface area contributed by atoms with E-state index < -0.39 is 35.4 Å². The minimum atomic E-state index is -4.91. The molecule has 0 saturated heterocycles. The molecule has 0 unspecified atom stereocenters. The monoisotopic (exact) mass is 446 g/mol. The van der Waals surface area contributed by atoms with E-state index in [1.54, 1.807) is 0 Å². The van der Waals surface area contributed by atoms with Crippen LogP contribution in [-0.4, -0.2) is 23.4 Å². The number of benzene rings is 2. The van der Waals surface area contributed by atoms with Crippen molar-refractivity contribution in [2.45, 2.75) is 12.5 Å². The molecular weight excluding hydrogens is 433 g/mol. The Morgan fingerprint density at radius 2 is 1.61 bits per heavy atom. The molecule has 5 nitrogen and oxygen atoms in total. The Morgan fingerprint density at radius 3 is 2.26 bits per heavy atom. The molecule has 0 amide bonds. The van der Waals surface area contributed by atoms with Crippen LogP contribution in [0.5, 0.6) is 5.75 Å². The summed E-state index contributed by atoms with van der Waals surface area (Å²) in [4.78, 5) is 8.02. The van der Waals surface area contributed by atoms with Crippen molar-refractivity contribution in [2.24, 2.45) is 0 Å². The van der Waals surface area contributed by atoms with E-state index in [9.17, 15) is 30.7 Å². The lowest BCUT2D eigenvalue weighted by molar-refractivity contribution is -0.274. The van der Waals surface area contributed by atoms with E-state index in [4.69, 9.17) is 0 Å². The van der Waals surface area contributed by atoms with Crippen molar-refractivity contribution < 1.29 is 35.5 Å². The maximum Gasteiger partial charge on any atom is 0.573 e. The Morgan fingerprint density at radius 1 is 0.903 bits per heavy atom. The third-order valence-electron chi connectivity index (χ3n) is 3.89. The zero-order valence-electron chi connectivity index (χ0n) is 15.6. The van der Waals surface area contributed by atoms with Crippen LogP contribution in [0, 0.1) is 5.82 Å². The van der Waals surface area contributed by atoms with Crippen LogP contribution in [0.4, 0.5) is 48.2 Å². The number of rotatable bonds is 5. The number of aromatic nitrogens is 2. The third-order valence-corrected chi connectivity index (χ3v) is 3.89. The first kappa shape index (κ1) is 22.1. The Bertz CT molecular complexity index is 1080.